The number of pyridine rings is 1. The Balaban J connectivity index is 1.46. The van der Waals surface area contributed by atoms with Crippen LogP contribution in [-0.2, 0) is 14.8 Å². The Hall–Kier alpha value is -3.19. The Morgan fingerprint density at radius 1 is 1.07 bits per heavy atom. The molecule has 3 aromatic rings. The van der Waals surface area contributed by atoms with Gasteiger partial charge < -0.3 is 5.32 Å². The molecule has 1 fully saturated rings. The normalized spacial score (nSPS) is 15.9. The van der Waals surface area contributed by atoms with E-state index in [0.29, 0.717) is 24.3 Å². The average Bonchev–Trinajstić information content (AvgIpc) is 3.06. The molecule has 0 atom stereocenters. The number of carbonyl (C=O) groups excluding carboxylic acids is 1. The zero-order chi connectivity index (χ0) is 19.6. The maximum atomic E-state index is 12.3. The number of rotatable bonds is 4. The van der Waals surface area contributed by atoms with E-state index in [-0.39, 0.29) is 11.7 Å². The van der Waals surface area contributed by atoms with Crippen molar-refractivity contribution in [3.8, 4) is 0 Å². The summed E-state index contributed by atoms with van der Waals surface area (Å²) in [6.07, 6.45) is 5.51. The topological polar surface area (TPSA) is 79.4 Å². The van der Waals surface area contributed by atoms with Crippen LogP contribution >= 0.6 is 0 Å². The number of amides is 1. The summed E-state index contributed by atoms with van der Waals surface area (Å²) < 4.78 is 25.4. The van der Waals surface area contributed by atoms with E-state index in [0.717, 1.165) is 16.5 Å². The predicted octanol–water partition coefficient (Wildman–Crippen LogP) is 3.43. The Kier molecular flexibility index (Phi) is 4.83. The summed E-state index contributed by atoms with van der Waals surface area (Å²) >= 11 is 0. The van der Waals surface area contributed by atoms with E-state index in [1.165, 1.54) is 10.4 Å². The van der Waals surface area contributed by atoms with Gasteiger partial charge in [-0.1, -0.05) is 18.2 Å². The SMILES string of the molecule is O=C(/C=C/c1ccc(N2CCCS2(=O)=O)cc1)Nc1cccc2ncccc12. The summed E-state index contributed by atoms with van der Waals surface area (Å²) in [5.41, 5.74) is 2.99. The summed E-state index contributed by atoms with van der Waals surface area (Å²) in [4.78, 5) is 16.6. The average molecular weight is 393 g/mol. The Bertz CT molecular complexity index is 1150. The molecule has 0 bridgehead atoms. The van der Waals surface area contributed by atoms with Crippen LogP contribution in [0.1, 0.15) is 12.0 Å². The van der Waals surface area contributed by atoms with Gasteiger partial charge in [-0.2, -0.15) is 0 Å². The van der Waals surface area contributed by atoms with Gasteiger partial charge in [-0.15, -0.1) is 0 Å². The molecule has 0 aliphatic carbocycles. The van der Waals surface area contributed by atoms with Crippen LogP contribution in [0.3, 0.4) is 0 Å². The molecule has 1 saturated heterocycles. The highest BCUT2D eigenvalue weighted by atomic mass is 32.2. The van der Waals surface area contributed by atoms with E-state index >= 15 is 0 Å². The Morgan fingerprint density at radius 3 is 2.64 bits per heavy atom. The molecule has 1 amide bonds. The third kappa shape index (κ3) is 3.75. The third-order valence-corrected chi connectivity index (χ3v) is 6.48. The number of carbonyl (C=O) groups is 1. The van der Waals surface area contributed by atoms with Crippen molar-refractivity contribution in [3.05, 3.63) is 72.4 Å². The first-order valence-corrected chi connectivity index (χ1v) is 10.6. The molecule has 28 heavy (non-hydrogen) atoms. The summed E-state index contributed by atoms with van der Waals surface area (Å²) in [6, 6.07) is 16.4. The lowest BCUT2D eigenvalue weighted by molar-refractivity contribution is -0.111. The van der Waals surface area contributed by atoms with Gasteiger partial charge in [-0.25, -0.2) is 8.42 Å². The van der Waals surface area contributed by atoms with E-state index in [1.54, 1.807) is 36.5 Å². The standard InChI is InChI=1S/C21H19N3O3S/c25-21(23-20-6-1-5-19-18(20)4-2-13-22-19)12-9-16-7-10-17(11-8-16)24-14-3-15-28(24,26)27/h1-2,4-13H,3,14-15H2,(H,23,25)/b12-9+. The molecule has 4 rings (SSSR count). The molecule has 2 heterocycles. The van der Waals surface area contributed by atoms with Crippen molar-refractivity contribution in [2.75, 3.05) is 21.9 Å². The molecule has 0 spiro atoms. The maximum absolute atomic E-state index is 12.3. The fourth-order valence-electron chi connectivity index (χ4n) is 3.24. The van der Waals surface area contributed by atoms with Crippen molar-refractivity contribution >= 4 is 44.3 Å². The second kappa shape index (κ2) is 7.44. The van der Waals surface area contributed by atoms with E-state index in [9.17, 15) is 13.2 Å². The molecule has 0 unspecified atom stereocenters. The number of benzene rings is 2. The van der Waals surface area contributed by atoms with Crippen LogP contribution < -0.4 is 9.62 Å². The fraction of sp³-hybridized carbons (Fsp3) is 0.143. The lowest BCUT2D eigenvalue weighted by Crippen LogP contribution is -2.24. The second-order valence-electron chi connectivity index (χ2n) is 6.53. The van der Waals surface area contributed by atoms with Gasteiger partial charge in [0, 0.05) is 24.2 Å². The minimum absolute atomic E-state index is 0.193. The number of anilines is 2. The molecule has 1 aliphatic heterocycles. The number of hydrogen-bond acceptors (Lipinski definition) is 4. The Morgan fingerprint density at radius 2 is 1.89 bits per heavy atom. The molecule has 0 saturated carbocycles. The van der Waals surface area contributed by atoms with Crippen LogP contribution in [0.15, 0.2) is 66.9 Å². The van der Waals surface area contributed by atoms with Gasteiger partial charge in [0.15, 0.2) is 0 Å². The maximum Gasteiger partial charge on any atom is 0.248 e. The number of fused-ring (bicyclic) bond motifs is 1. The van der Waals surface area contributed by atoms with Crippen LogP contribution in [0.5, 0.6) is 0 Å². The Labute approximate surface area is 163 Å². The van der Waals surface area contributed by atoms with Crippen LogP contribution in [0, 0.1) is 0 Å². The zero-order valence-electron chi connectivity index (χ0n) is 15.1. The molecule has 2 aromatic carbocycles. The minimum Gasteiger partial charge on any atom is -0.322 e. The quantitative estimate of drug-likeness (QED) is 0.689. The highest BCUT2D eigenvalue weighted by molar-refractivity contribution is 7.93. The van der Waals surface area contributed by atoms with E-state index in [1.807, 2.05) is 30.3 Å². The predicted molar refractivity (Wildman–Crippen MR) is 112 cm³/mol. The summed E-state index contributed by atoms with van der Waals surface area (Å²) in [6.45, 7) is 0.514. The number of hydrogen-bond donors (Lipinski definition) is 1. The van der Waals surface area contributed by atoms with Crippen molar-refractivity contribution in [1.82, 2.24) is 4.98 Å². The van der Waals surface area contributed by atoms with Gasteiger partial charge in [-0.3, -0.25) is 14.1 Å². The molecule has 7 heteroatoms. The summed E-state index contributed by atoms with van der Waals surface area (Å²) in [5.74, 6) is -0.0547. The first-order valence-electron chi connectivity index (χ1n) is 8.96. The van der Waals surface area contributed by atoms with Gasteiger partial charge in [0.05, 0.1) is 22.6 Å². The van der Waals surface area contributed by atoms with Crippen LogP contribution in [-0.4, -0.2) is 31.6 Å². The molecular formula is C21H19N3O3S. The van der Waals surface area contributed by atoms with Crippen LogP contribution in [0.2, 0.25) is 0 Å². The molecule has 1 N–H and O–H groups in total. The van der Waals surface area contributed by atoms with E-state index < -0.39 is 10.0 Å². The van der Waals surface area contributed by atoms with Gasteiger partial charge in [-0.05, 0) is 54.5 Å². The van der Waals surface area contributed by atoms with Gasteiger partial charge in [0.2, 0.25) is 15.9 Å². The molecule has 142 valence electrons. The number of aromatic nitrogens is 1. The van der Waals surface area contributed by atoms with Gasteiger partial charge in [0.25, 0.3) is 0 Å². The van der Waals surface area contributed by atoms with Gasteiger partial charge in [0.1, 0.15) is 0 Å². The van der Waals surface area contributed by atoms with Crippen molar-refractivity contribution in [2.24, 2.45) is 0 Å². The van der Waals surface area contributed by atoms with Gasteiger partial charge >= 0.3 is 0 Å². The summed E-state index contributed by atoms with van der Waals surface area (Å²) in [7, 11) is -3.19. The van der Waals surface area contributed by atoms with Crippen molar-refractivity contribution in [1.29, 1.82) is 0 Å². The molecule has 1 aromatic heterocycles. The zero-order valence-corrected chi connectivity index (χ0v) is 15.9. The highest BCUT2D eigenvalue weighted by Gasteiger charge is 2.28. The highest BCUT2D eigenvalue weighted by Crippen LogP contribution is 2.24. The molecular weight excluding hydrogens is 374 g/mol. The number of sulfonamides is 1. The fourth-order valence-corrected chi connectivity index (χ4v) is 4.80. The second-order valence-corrected chi connectivity index (χ2v) is 8.54. The molecule has 6 nitrogen and oxygen atoms in total. The van der Waals surface area contributed by atoms with Crippen molar-refractivity contribution in [2.45, 2.75) is 6.42 Å². The monoisotopic (exact) mass is 393 g/mol. The lowest BCUT2D eigenvalue weighted by Gasteiger charge is -2.16. The van der Waals surface area contributed by atoms with Crippen LogP contribution in [0.4, 0.5) is 11.4 Å². The summed E-state index contributed by atoms with van der Waals surface area (Å²) in [5, 5.41) is 3.75. The smallest absolute Gasteiger partial charge is 0.248 e. The molecule has 0 radical (unpaired) electrons. The van der Waals surface area contributed by atoms with Crippen molar-refractivity contribution < 1.29 is 13.2 Å². The largest absolute Gasteiger partial charge is 0.322 e. The van der Waals surface area contributed by atoms with E-state index in [2.05, 4.69) is 10.3 Å². The number of nitrogens with one attached hydrogen (secondary N) is 1. The third-order valence-electron chi connectivity index (χ3n) is 4.61. The van der Waals surface area contributed by atoms with E-state index in [4.69, 9.17) is 0 Å². The first-order chi connectivity index (χ1) is 13.5. The number of nitrogens with zero attached hydrogens (tertiary/aromatic N) is 2. The lowest BCUT2D eigenvalue weighted by atomic mass is 10.1. The first kappa shape index (κ1) is 18.2. The van der Waals surface area contributed by atoms with Crippen LogP contribution in [0.25, 0.3) is 17.0 Å². The van der Waals surface area contributed by atoms with Crippen molar-refractivity contribution in [3.63, 3.8) is 0 Å². The molecule has 1 aliphatic rings. The minimum atomic E-state index is -3.19.